The van der Waals surface area contributed by atoms with Crippen LogP contribution in [0.3, 0.4) is 0 Å². The second-order valence-corrected chi connectivity index (χ2v) is 5.06. The van der Waals surface area contributed by atoms with Crippen molar-refractivity contribution in [2.75, 3.05) is 13.7 Å². The molecule has 0 radical (unpaired) electrons. The molecule has 1 aromatic heterocycles. The van der Waals surface area contributed by atoms with Crippen LogP contribution in [0.15, 0.2) is 11.0 Å². The van der Waals surface area contributed by atoms with Crippen LogP contribution in [-0.2, 0) is 11.3 Å². The average Bonchev–Trinajstić information content (AvgIpc) is 2.80. The van der Waals surface area contributed by atoms with E-state index in [9.17, 15) is 14.4 Å². The minimum absolute atomic E-state index is 0.0705. The highest BCUT2D eigenvalue weighted by molar-refractivity contribution is 5.98. The molecule has 0 spiro atoms. The molecular weight excluding hydrogens is 280 g/mol. The maximum absolute atomic E-state index is 12.6. The Morgan fingerprint density at radius 3 is 2.81 bits per heavy atom. The summed E-state index contributed by atoms with van der Waals surface area (Å²) in [6.07, 6.45) is 0.721. The highest BCUT2D eigenvalue weighted by Gasteiger charge is 2.43. The lowest BCUT2D eigenvalue weighted by Crippen LogP contribution is -2.49. The second kappa shape index (κ2) is 4.59. The molecule has 3 heterocycles. The Bertz CT molecular complexity index is 695. The molecule has 112 valence electrons. The van der Waals surface area contributed by atoms with Gasteiger partial charge in [-0.3, -0.25) is 9.59 Å². The molecule has 21 heavy (non-hydrogen) atoms. The summed E-state index contributed by atoms with van der Waals surface area (Å²) in [6.45, 7) is 2.52. The monoisotopic (exact) mass is 294 g/mol. The van der Waals surface area contributed by atoms with Gasteiger partial charge in [0.25, 0.3) is 5.91 Å². The molecule has 2 atom stereocenters. The van der Waals surface area contributed by atoms with Crippen LogP contribution in [0, 0.1) is 0 Å². The van der Waals surface area contributed by atoms with Crippen LogP contribution in [0.4, 0.5) is 0 Å². The van der Waals surface area contributed by atoms with Gasteiger partial charge in [0, 0.05) is 6.20 Å². The summed E-state index contributed by atoms with van der Waals surface area (Å²) >= 11 is 0. The SMILES string of the molecule is COc1c2n(cc(C(=O)O)c1=O)CC1OCC(C)N1C2=O. The number of hydrogen-bond donors (Lipinski definition) is 1. The van der Waals surface area contributed by atoms with Crippen LogP contribution >= 0.6 is 0 Å². The molecule has 1 saturated heterocycles. The van der Waals surface area contributed by atoms with Gasteiger partial charge >= 0.3 is 5.97 Å². The van der Waals surface area contributed by atoms with E-state index in [4.69, 9.17) is 14.6 Å². The molecule has 2 unspecified atom stereocenters. The minimum Gasteiger partial charge on any atom is -0.491 e. The zero-order valence-electron chi connectivity index (χ0n) is 11.5. The Morgan fingerprint density at radius 2 is 2.19 bits per heavy atom. The summed E-state index contributed by atoms with van der Waals surface area (Å²) in [4.78, 5) is 37.4. The van der Waals surface area contributed by atoms with Crippen molar-refractivity contribution in [3.8, 4) is 5.75 Å². The molecule has 0 aliphatic carbocycles. The number of aromatic nitrogens is 1. The van der Waals surface area contributed by atoms with Crippen molar-refractivity contribution in [2.45, 2.75) is 25.7 Å². The van der Waals surface area contributed by atoms with Gasteiger partial charge in [0.1, 0.15) is 5.56 Å². The normalized spacial score (nSPS) is 23.7. The maximum Gasteiger partial charge on any atom is 0.341 e. The van der Waals surface area contributed by atoms with Gasteiger partial charge in [0.15, 0.2) is 17.7 Å². The summed E-state index contributed by atoms with van der Waals surface area (Å²) in [7, 11) is 1.24. The number of carboxylic acids is 1. The van der Waals surface area contributed by atoms with E-state index in [1.54, 1.807) is 4.90 Å². The lowest BCUT2D eigenvalue weighted by Gasteiger charge is -2.34. The Kier molecular flexibility index (Phi) is 2.98. The van der Waals surface area contributed by atoms with Crippen molar-refractivity contribution in [2.24, 2.45) is 0 Å². The number of amides is 1. The van der Waals surface area contributed by atoms with E-state index >= 15 is 0 Å². The van der Waals surface area contributed by atoms with Crippen LogP contribution in [0.5, 0.6) is 5.75 Å². The Morgan fingerprint density at radius 1 is 1.48 bits per heavy atom. The summed E-state index contributed by atoms with van der Waals surface area (Å²) < 4.78 is 11.9. The molecule has 2 aliphatic rings. The summed E-state index contributed by atoms with van der Waals surface area (Å²) in [5.74, 6) is -1.98. The Labute approximate surface area is 119 Å². The van der Waals surface area contributed by atoms with Gasteiger partial charge in [-0.15, -0.1) is 0 Å². The van der Waals surface area contributed by atoms with Crippen molar-refractivity contribution in [1.29, 1.82) is 0 Å². The number of rotatable bonds is 2. The number of ether oxygens (including phenoxy) is 2. The van der Waals surface area contributed by atoms with Gasteiger partial charge in [0.05, 0.1) is 26.3 Å². The van der Waals surface area contributed by atoms with Crippen molar-refractivity contribution in [1.82, 2.24) is 9.47 Å². The number of carbonyl (C=O) groups excluding carboxylic acids is 1. The van der Waals surface area contributed by atoms with E-state index < -0.39 is 23.2 Å². The van der Waals surface area contributed by atoms with Gasteiger partial charge in [-0.05, 0) is 6.92 Å². The first-order valence-corrected chi connectivity index (χ1v) is 6.44. The molecule has 2 aliphatic heterocycles. The predicted octanol–water partition coefficient (Wildman–Crippen LogP) is -0.244. The molecular formula is C13H14N2O6. The number of hydrogen-bond acceptors (Lipinski definition) is 5. The van der Waals surface area contributed by atoms with Gasteiger partial charge in [-0.25, -0.2) is 4.79 Å². The largest absolute Gasteiger partial charge is 0.491 e. The van der Waals surface area contributed by atoms with Crippen molar-refractivity contribution < 1.29 is 24.2 Å². The highest BCUT2D eigenvalue weighted by atomic mass is 16.5. The molecule has 1 N–H and O–H groups in total. The van der Waals surface area contributed by atoms with E-state index in [0.29, 0.717) is 6.61 Å². The topological polar surface area (TPSA) is 98.1 Å². The van der Waals surface area contributed by atoms with Crippen molar-refractivity contribution in [3.05, 3.63) is 27.7 Å². The Balaban J connectivity index is 2.23. The number of aromatic carboxylic acids is 1. The number of nitrogens with zero attached hydrogens (tertiary/aromatic N) is 2. The molecule has 1 fully saturated rings. The molecule has 8 nitrogen and oxygen atoms in total. The van der Waals surface area contributed by atoms with Gasteiger partial charge in [-0.2, -0.15) is 0 Å². The zero-order chi connectivity index (χ0) is 15.3. The van der Waals surface area contributed by atoms with Crippen LogP contribution in [0.25, 0.3) is 0 Å². The number of methoxy groups -OCH3 is 1. The molecule has 0 saturated carbocycles. The molecule has 8 heteroatoms. The number of fused-ring (bicyclic) bond motifs is 2. The van der Waals surface area contributed by atoms with Crippen molar-refractivity contribution in [3.63, 3.8) is 0 Å². The van der Waals surface area contributed by atoms with Crippen LogP contribution < -0.4 is 10.2 Å². The highest BCUT2D eigenvalue weighted by Crippen LogP contribution is 2.29. The van der Waals surface area contributed by atoms with Gasteiger partial charge in [0.2, 0.25) is 5.43 Å². The van der Waals surface area contributed by atoms with E-state index in [2.05, 4.69) is 0 Å². The fourth-order valence-corrected chi connectivity index (χ4v) is 2.80. The third-order valence-corrected chi connectivity index (χ3v) is 3.78. The zero-order valence-corrected chi connectivity index (χ0v) is 11.5. The first kappa shape index (κ1) is 13.6. The first-order chi connectivity index (χ1) is 9.95. The minimum atomic E-state index is -1.36. The molecule has 1 amide bonds. The average molecular weight is 294 g/mol. The molecule has 1 aromatic rings. The standard InChI is InChI=1S/C13H14N2O6/c1-6-5-21-8-4-14-3-7(13(18)19)10(16)11(20-2)9(14)12(17)15(6)8/h3,6,8H,4-5H2,1-2H3,(H,18,19). The first-order valence-electron chi connectivity index (χ1n) is 6.44. The van der Waals surface area contributed by atoms with Gasteiger partial charge in [-0.1, -0.05) is 0 Å². The number of carbonyl (C=O) groups is 2. The van der Waals surface area contributed by atoms with E-state index in [1.165, 1.54) is 17.9 Å². The van der Waals surface area contributed by atoms with Gasteiger partial charge < -0.3 is 24.0 Å². The third kappa shape index (κ3) is 1.83. The van der Waals surface area contributed by atoms with E-state index in [1.807, 2.05) is 6.92 Å². The van der Waals surface area contributed by atoms with Crippen LogP contribution in [0.2, 0.25) is 0 Å². The summed E-state index contributed by atoms with van der Waals surface area (Å²) in [5, 5.41) is 9.09. The smallest absolute Gasteiger partial charge is 0.341 e. The fraction of sp³-hybridized carbons (Fsp3) is 0.462. The van der Waals surface area contributed by atoms with Crippen LogP contribution in [0.1, 0.15) is 27.8 Å². The van der Waals surface area contributed by atoms with E-state index in [0.717, 1.165) is 0 Å². The predicted molar refractivity (Wildman–Crippen MR) is 69.6 cm³/mol. The lowest BCUT2D eigenvalue weighted by atomic mass is 10.1. The summed E-state index contributed by atoms with van der Waals surface area (Å²) in [5.41, 5.74) is -1.15. The lowest BCUT2D eigenvalue weighted by molar-refractivity contribution is 0.00613. The fourth-order valence-electron chi connectivity index (χ4n) is 2.80. The second-order valence-electron chi connectivity index (χ2n) is 5.06. The maximum atomic E-state index is 12.6. The molecule has 3 rings (SSSR count). The molecule has 0 bridgehead atoms. The third-order valence-electron chi connectivity index (χ3n) is 3.78. The van der Waals surface area contributed by atoms with Crippen LogP contribution in [-0.4, -0.2) is 52.4 Å². The summed E-state index contributed by atoms with van der Waals surface area (Å²) in [6, 6.07) is -0.102. The van der Waals surface area contributed by atoms with Crippen molar-refractivity contribution >= 4 is 11.9 Å². The molecule has 0 aromatic carbocycles. The number of pyridine rings is 1. The Hall–Kier alpha value is -2.35. The number of carboxylic acid groups (broad SMARTS) is 1. The quantitative estimate of drug-likeness (QED) is 0.808. The van der Waals surface area contributed by atoms with E-state index in [-0.39, 0.29) is 29.9 Å².